The molecule has 0 fully saturated rings. The average Bonchev–Trinajstić information content (AvgIpc) is 2.81. The number of hydrogen-bond donors (Lipinski definition) is 1. The van der Waals surface area contributed by atoms with E-state index in [0.29, 0.717) is 6.42 Å². The molecule has 0 radical (unpaired) electrons. The van der Waals surface area contributed by atoms with Gasteiger partial charge in [0.1, 0.15) is 6.10 Å². The number of carbonyl (C=O) groups is 2. The van der Waals surface area contributed by atoms with Gasteiger partial charge in [0.15, 0.2) is 0 Å². The molecule has 0 rings (SSSR count). The Morgan fingerprint density at radius 3 is 1.32 bits per heavy atom. The van der Waals surface area contributed by atoms with Crippen molar-refractivity contribution in [3.8, 4) is 0 Å². The molecular formula is C30H58O4. The van der Waals surface area contributed by atoms with Gasteiger partial charge in [0, 0.05) is 12.8 Å². The van der Waals surface area contributed by atoms with Crippen molar-refractivity contribution in [2.45, 2.75) is 180 Å². The minimum absolute atomic E-state index is 0.0190. The van der Waals surface area contributed by atoms with E-state index in [-0.39, 0.29) is 18.5 Å². The summed E-state index contributed by atoms with van der Waals surface area (Å²) >= 11 is 0. The Hall–Kier alpha value is -1.06. The Kier molecular flexibility index (Phi) is 25.7. The van der Waals surface area contributed by atoms with E-state index in [1.165, 1.54) is 89.9 Å². The van der Waals surface area contributed by atoms with Crippen molar-refractivity contribution in [1.29, 1.82) is 0 Å². The van der Waals surface area contributed by atoms with Crippen molar-refractivity contribution >= 4 is 11.9 Å². The molecule has 0 aromatic carbocycles. The lowest BCUT2D eigenvalue weighted by Crippen LogP contribution is -2.18. The van der Waals surface area contributed by atoms with Crippen LogP contribution in [0.4, 0.5) is 0 Å². The predicted octanol–water partition coefficient (Wildman–Crippen LogP) is 9.78. The topological polar surface area (TPSA) is 63.6 Å². The third-order valence-corrected chi connectivity index (χ3v) is 6.83. The second kappa shape index (κ2) is 26.5. The number of aliphatic carboxylic acids is 1. The zero-order valence-electron chi connectivity index (χ0n) is 22.9. The van der Waals surface area contributed by atoms with E-state index in [1.807, 2.05) is 0 Å². The van der Waals surface area contributed by atoms with Crippen LogP contribution in [0.2, 0.25) is 0 Å². The van der Waals surface area contributed by atoms with Gasteiger partial charge in [-0.15, -0.1) is 0 Å². The van der Waals surface area contributed by atoms with Crippen LogP contribution in [-0.4, -0.2) is 23.1 Å². The molecule has 0 aliphatic rings. The molecule has 1 atom stereocenters. The van der Waals surface area contributed by atoms with Crippen molar-refractivity contribution in [2.75, 3.05) is 0 Å². The fourth-order valence-corrected chi connectivity index (χ4v) is 4.59. The van der Waals surface area contributed by atoms with Gasteiger partial charge in [-0.1, -0.05) is 123 Å². The van der Waals surface area contributed by atoms with Crippen LogP contribution in [0, 0.1) is 0 Å². The summed E-state index contributed by atoms with van der Waals surface area (Å²) in [4.78, 5) is 23.0. The van der Waals surface area contributed by atoms with Crippen LogP contribution in [0.1, 0.15) is 174 Å². The molecule has 0 saturated heterocycles. The number of carboxylic acid groups (broad SMARTS) is 1. The molecule has 0 saturated carbocycles. The van der Waals surface area contributed by atoms with Crippen molar-refractivity contribution in [3.05, 3.63) is 0 Å². The number of unbranched alkanes of at least 4 members (excludes halogenated alkanes) is 18. The van der Waals surface area contributed by atoms with Gasteiger partial charge in [-0.25, -0.2) is 0 Å². The summed E-state index contributed by atoms with van der Waals surface area (Å²) in [6, 6.07) is 0. The number of esters is 1. The first-order valence-electron chi connectivity index (χ1n) is 15.0. The summed E-state index contributed by atoms with van der Waals surface area (Å²) < 4.78 is 5.85. The van der Waals surface area contributed by atoms with Crippen LogP contribution in [0.3, 0.4) is 0 Å². The SMILES string of the molecule is CCCCCCCCCCCCCCCC(=O)OC(CCCCCC)CCCCCCC(=O)O. The van der Waals surface area contributed by atoms with E-state index >= 15 is 0 Å². The van der Waals surface area contributed by atoms with Crippen LogP contribution in [0.15, 0.2) is 0 Å². The molecule has 1 unspecified atom stereocenters. The molecule has 0 aromatic rings. The molecule has 0 spiro atoms. The zero-order valence-corrected chi connectivity index (χ0v) is 22.9. The normalized spacial score (nSPS) is 12.1. The molecule has 202 valence electrons. The van der Waals surface area contributed by atoms with Gasteiger partial charge in [-0.3, -0.25) is 9.59 Å². The van der Waals surface area contributed by atoms with E-state index in [0.717, 1.165) is 57.8 Å². The Morgan fingerprint density at radius 2 is 0.882 bits per heavy atom. The lowest BCUT2D eigenvalue weighted by molar-refractivity contribution is -0.150. The lowest BCUT2D eigenvalue weighted by atomic mass is 10.0. The van der Waals surface area contributed by atoms with Gasteiger partial charge in [-0.05, 0) is 38.5 Å². The quantitative estimate of drug-likeness (QED) is 0.0934. The summed E-state index contributed by atoms with van der Waals surface area (Å²) in [5, 5.41) is 8.73. The Morgan fingerprint density at radius 1 is 0.529 bits per heavy atom. The second-order valence-electron chi connectivity index (χ2n) is 10.3. The van der Waals surface area contributed by atoms with Gasteiger partial charge in [0.2, 0.25) is 0 Å². The van der Waals surface area contributed by atoms with Crippen LogP contribution >= 0.6 is 0 Å². The number of carboxylic acids is 1. The molecular weight excluding hydrogens is 424 g/mol. The van der Waals surface area contributed by atoms with Crippen molar-refractivity contribution < 1.29 is 19.4 Å². The molecule has 0 aliphatic carbocycles. The summed E-state index contributed by atoms with van der Waals surface area (Å²) in [6.07, 6.45) is 28.4. The lowest BCUT2D eigenvalue weighted by Gasteiger charge is -2.18. The minimum Gasteiger partial charge on any atom is -0.481 e. The largest absolute Gasteiger partial charge is 0.481 e. The molecule has 0 aromatic heterocycles. The molecule has 4 nitrogen and oxygen atoms in total. The van der Waals surface area contributed by atoms with Gasteiger partial charge in [-0.2, -0.15) is 0 Å². The highest BCUT2D eigenvalue weighted by molar-refractivity contribution is 5.69. The third-order valence-electron chi connectivity index (χ3n) is 6.83. The predicted molar refractivity (Wildman–Crippen MR) is 144 cm³/mol. The van der Waals surface area contributed by atoms with Crippen molar-refractivity contribution in [3.63, 3.8) is 0 Å². The maximum absolute atomic E-state index is 12.4. The molecule has 1 N–H and O–H groups in total. The minimum atomic E-state index is -0.712. The maximum Gasteiger partial charge on any atom is 0.306 e. The highest BCUT2D eigenvalue weighted by Gasteiger charge is 2.14. The first-order valence-corrected chi connectivity index (χ1v) is 15.0. The van der Waals surface area contributed by atoms with Gasteiger partial charge in [0.25, 0.3) is 0 Å². The molecule has 0 amide bonds. The maximum atomic E-state index is 12.4. The number of carbonyl (C=O) groups excluding carboxylic acids is 1. The van der Waals surface area contributed by atoms with Crippen LogP contribution < -0.4 is 0 Å². The van der Waals surface area contributed by atoms with Crippen molar-refractivity contribution in [2.24, 2.45) is 0 Å². The van der Waals surface area contributed by atoms with Gasteiger partial charge in [0.05, 0.1) is 0 Å². The highest BCUT2D eigenvalue weighted by atomic mass is 16.5. The molecule has 0 heterocycles. The summed E-state index contributed by atoms with van der Waals surface area (Å²) in [5.74, 6) is -0.731. The zero-order chi connectivity index (χ0) is 25.1. The second-order valence-corrected chi connectivity index (χ2v) is 10.3. The van der Waals surface area contributed by atoms with Crippen LogP contribution in [0.5, 0.6) is 0 Å². The number of hydrogen-bond acceptors (Lipinski definition) is 3. The first kappa shape index (κ1) is 32.9. The third kappa shape index (κ3) is 25.6. The fraction of sp³-hybridized carbons (Fsp3) is 0.933. The average molecular weight is 483 g/mol. The molecule has 4 heteroatoms. The first-order chi connectivity index (χ1) is 16.6. The smallest absolute Gasteiger partial charge is 0.306 e. The van der Waals surface area contributed by atoms with Crippen LogP contribution in [-0.2, 0) is 14.3 Å². The molecule has 0 bridgehead atoms. The van der Waals surface area contributed by atoms with Crippen molar-refractivity contribution in [1.82, 2.24) is 0 Å². The summed E-state index contributed by atoms with van der Waals surface area (Å²) in [6.45, 7) is 4.48. The number of ether oxygens (including phenoxy) is 1. The van der Waals surface area contributed by atoms with E-state index < -0.39 is 5.97 Å². The summed E-state index contributed by atoms with van der Waals surface area (Å²) in [5.41, 5.74) is 0. The molecule has 0 aliphatic heterocycles. The Bertz CT molecular complexity index is 449. The number of rotatable bonds is 27. The van der Waals surface area contributed by atoms with E-state index in [2.05, 4.69) is 13.8 Å². The van der Waals surface area contributed by atoms with Gasteiger partial charge < -0.3 is 9.84 Å². The van der Waals surface area contributed by atoms with E-state index in [1.54, 1.807) is 0 Å². The monoisotopic (exact) mass is 482 g/mol. The van der Waals surface area contributed by atoms with Crippen LogP contribution in [0.25, 0.3) is 0 Å². The van der Waals surface area contributed by atoms with E-state index in [9.17, 15) is 9.59 Å². The highest BCUT2D eigenvalue weighted by Crippen LogP contribution is 2.18. The Balaban J connectivity index is 3.79. The fourth-order valence-electron chi connectivity index (χ4n) is 4.59. The van der Waals surface area contributed by atoms with E-state index in [4.69, 9.17) is 9.84 Å². The van der Waals surface area contributed by atoms with Gasteiger partial charge >= 0.3 is 11.9 Å². The standard InChI is InChI=1S/C30H58O4/c1-3-5-7-9-10-11-12-13-14-15-16-17-23-27-30(33)34-28(24-20-8-6-4-2)25-21-18-19-22-26-29(31)32/h28H,3-27H2,1-2H3,(H,31,32). The Labute approximate surface area is 212 Å². The molecule has 34 heavy (non-hydrogen) atoms. The summed E-state index contributed by atoms with van der Waals surface area (Å²) in [7, 11) is 0.